The predicted molar refractivity (Wildman–Crippen MR) is 53.1 cm³/mol. The maximum absolute atomic E-state index is 11.5. The average molecular weight is 187 g/mol. The van der Waals surface area contributed by atoms with E-state index in [0.29, 0.717) is 5.69 Å². The van der Waals surface area contributed by atoms with Crippen molar-refractivity contribution in [3.8, 4) is 0 Å². The molecule has 0 saturated carbocycles. The van der Waals surface area contributed by atoms with E-state index < -0.39 is 0 Å². The van der Waals surface area contributed by atoms with Gasteiger partial charge in [-0.1, -0.05) is 0 Å². The molecule has 0 aliphatic heterocycles. The SMILES string of the molecule is O=C(Nc1cccnc1)n1cccc1. The zero-order valence-electron chi connectivity index (χ0n) is 7.42. The number of nitrogens with one attached hydrogen (secondary N) is 1. The van der Waals surface area contributed by atoms with Crippen LogP contribution in [-0.4, -0.2) is 15.6 Å². The molecule has 70 valence electrons. The number of aromatic nitrogens is 2. The molecule has 1 N–H and O–H groups in total. The molecule has 4 nitrogen and oxygen atoms in total. The van der Waals surface area contributed by atoms with Crippen molar-refractivity contribution in [3.63, 3.8) is 0 Å². The van der Waals surface area contributed by atoms with Crippen molar-refractivity contribution in [3.05, 3.63) is 49.1 Å². The van der Waals surface area contributed by atoms with Crippen LogP contribution in [0.25, 0.3) is 0 Å². The molecule has 2 aromatic heterocycles. The minimum absolute atomic E-state index is 0.192. The monoisotopic (exact) mass is 187 g/mol. The van der Waals surface area contributed by atoms with E-state index in [0.717, 1.165) is 0 Å². The standard InChI is InChI=1S/C10H9N3O/c14-10(13-6-1-2-7-13)12-9-4-3-5-11-8-9/h1-8H,(H,12,14). The molecule has 2 rings (SSSR count). The number of amides is 1. The van der Waals surface area contributed by atoms with Gasteiger partial charge in [0.05, 0.1) is 11.9 Å². The number of carbonyl (C=O) groups is 1. The lowest BCUT2D eigenvalue weighted by molar-refractivity contribution is 0.253. The molecule has 14 heavy (non-hydrogen) atoms. The molecule has 0 aromatic carbocycles. The first kappa shape index (κ1) is 8.50. The van der Waals surface area contributed by atoms with Crippen LogP contribution in [0.2, 0.25) is 0 Å². The van der Waals surface area contributed by atoms with E-state index in [1.165, 1.54) is 4.57 Å². The van der Waals surface area contributed by atoms with Crippen LogP contribution in [0.1, 0.15) is 0 Å². The fraction of sp³-hybridized carbons (Fsp3) is 0. The second-order valence-electron chi connectivity index (χ2n) is 2.76. The van der Waals surface area contributed by atoms with Gasteiger partial charge in [-0.2, -0.15) is 0 Å². The van der Waals surface area contributed by atoms with E-state index in [2.05, 4.69) is 10.3 Å². The Morgan fingerprint density at radius 1 is 1.29 bits per heavy atom. The first-order valence-electron chi connectivity index (χ1n) is 4.20. The number of anilines is 1. The summed E-state index contributed by atoms with van der Waals surface area (Å²) in [6, 6.07) is 6.95. The number of carbonyl (C=O) groups excluding carboxylic acids is 1. The third-order valence-corrected chi connectivity index (χ3v) is 1.75. The van der Waals surface area contributed by atoms with E-state index >= 15 is 0 Å². The summed E-state index contributed by atoms with van der Waals surface area (Å²) in [6.07, 6.45) is 6.63. The van der Waals surface area contributed by atoms with Gasteiger partial charge < -0.3 is 5.32 Å². The molecule has 0 aliphatic carbocycles. The van der Waals surface area contributed by atoms with Gasteiger partial charge in [0.2, 0.25) is 0 Å². The maximum Gasteiger partial charge on any atom is 0.329 e. The quantitative estimate of drug-likeness (QED) is 0.741. The average Bonchev–Trinajstić information content (AvgIpc) is 2.72. The maximum atomic E-state index is 11.5. The number of hydrogen-bond donors (Lipinski definition) is 1. The molecule has 0 fully saturated rings. The molecular weight excluding hydrogens is 178 g/mol. The first-order chi connectivity index (χ1) is 6.86. The summed E-state index contributed by atoms with van der Waals surface area (Å²) in [5, 5.41) is 2.71. The minimum Gasteiger partial charge on any atom is -0.306 e. The highest BCUT2D eigenvalue weighted by molar-refractivity contribution is 5.90. The summed E-state index contributed by atoms with van der Waals surface area (Å²) in [6.45, 7) is 0. The number of pyridine rings is 1. The molecule has 0 atom stereocenters. The second-order valence-corrected chi connectivity index (χ2v) is 2.76. The summed E-state index contributed by atoms with van der Waals surface area (Å²) in [4.78, 5) is 15.4. The van der Waals surface area contributed by atoms with Gasteiger partial charge in [0, 0.05) is 18.6 Å². The van der Waals surface area contributed by atoms with Crippen molar-refractivity contribution in [1.29, 1.82) is 0 Å². The minimum atomic E-state index is -0.192. The molecule has 2 aromatic rings. The highest BCUT2D eigenvalue weighted by atomic mass is 16.2. The fourth-order valence-electron chi connectivity index (χ4n) is 1.09. The Balaban J connectivity index is 2.10. The van der Waals surface area contributed by atoms with E-state index in [4.69, 9.17) is 0 Å². The Hall–Kier alpha value is -2.10. The van der Waals surface area contributed by atoms with Crippen molar-refractivity contribution < 1.29 is 4.79 Å². The lowest BCUT2D eigenvalue weighted by atomic mass is 10.4. The summed E-state index contributed by atoms with van der Waals surface area (Å²) < 4.78 is 1.47. The third kappa shape index (κ3) is 1.80. The van der Waals surface area contributed by atoms with Gasteiger partial charge in [-0.3, -0.25) is 9.55 Å². The van der Waals surface area contributed by atoms with Crippen molar-refractivity contribution in [2.75, 3.05) is 5.32 Å². The van der Waals surface area contributed by atoms with Gasteiger partial charge in [0.15, 0.2) is 0 Å². The Labute approximate surface area is 81.2 Å². The van der Waals surface area contributed by atoms with Crippen molar-refractivity contribution in [1.82, 2.24) is 9.55 Å². The third-order valence-electron chi connectivity index (χ3n) is 1.75. The normalized spacial score (nSPS) is 9.71. The molecule has 0 saturated heterocycles. The number of hydrogen-bond acceptors (Lipinski definition) is 2. The molecule has 0 aliphatic rings. The fourth-order valence-corrected chi connectivity index (χ4v) is 1.09. The topological polar surface area (TPSA) is 46.9 Å². The van der Waals surface area contributed by atoms with Crippen LogP contribution in [0.15, 0.2) is 49.1 Å². The highest BCUT2D eigenvalue weighted by Crippen LogP contribution is 2.03. The summed E-state index contributed by atoms with van der Waals surface area (Å²) in [7, 11) is 0. The van der Waals surface area contributed by atoms with E-state index in [1.54, 1.807) is 49.1 Å². The molecule has 2 heterocycles. The Kier molecular flexibility index (Phi) is 2.27. The number of rotatable bonds is 1. The molecule has 0 radical (unpaired) electrons. The molecule has 4 heteroatoms. The first-order valence-corrected chi connectivity index (χ1v) is 4.20. The van der Waals surface area contributed by atoms with Gasteiger partial charge in [-0.25, -0.2) is 4.79 Å². The summed E-state index contributed by atoms with van der Waals surface area (Å²) in [5.41, 5.74) is 0.686. The van der Waals surface area contributed by atoms with E-state index in [1.807, 2.05) is 0 Å². The Bertz CT molecular complexity index is 408. The van der Waals surface area contributed by atoms with Crippen LogP contribution < -0.4 is 5.32 Å². The molecule has 0 bridgehead atoms. The van der Waals surface area contributed by atoms with Crippen molar-refractivity contribution >= 4 is 11.7 Å². The highest BCUT2D eigenvalue weighted by Gasteiger charge is 2.01. The molecule has 1 amide bonds. The van der Waals surface area contributed by atoms with Gasteiger partial charge in [-0.05, 0) is 24.3 Å². The molecule has 0 spiro atoms. The van der Waals surface area contributed by atoms with Gasteiger partial charge in [0.25, 0.3) is 0 Å². The second kappa shape index (κ2) is 3.74. The molecular formula is C10H9N3O. The number of nitrogens with zero attached hydrogens (tertiary/aromatic N) is 2. The van der Waals surface area contributed by atoms with E-state index in [-0.39, 0.29) is 6.03 Å². The van der Waals surface area contributed by atoms with Crippen LogP contribution in [0.3, 0.4) is 0 Å². The van der Waals surface area contributed by atoms with Crippen molar-refractivity contribution in [2.45, 2.75) is 0 Å². The Morgan fingerprint density at radius 3 is 2.71 bits per heavy atom. The summed E-state index contributed by atoms with van der Waals surface area (Å²) in [5.74, 6) is 0. The summed E-state index contributed by atoms with van der Waals surface area (Å²) >= 11 is 0. The smallest absolute Gasteiger partial charge is 0.306 e. The molecule has 0 unspecified atom stereocenters. The van der Waals surface area contributed by atoms with Gasteiger partial charge >= 0.3 is 6.03 Å². The predicted octanol–water partition coefficient (Wildman–Crippen LogP) is 1.96. The van der Waals surface area contributed by atoms with Crippen LogP contribution in [0.5, 0.6) is 0 Å². The van der Waals surface area contributed by atoms with Crippen LogP contribution in [0, 0.1) is 0 Å². The van der Waals surface area contributed by atoms with E-state index in [9.17, 15) is 4.79 Å². The van der Waals surface area contributed by atoms with Gasteiger partial charge in [0.1, 0.15) is 0 Å². The Morgan fingerprint density at radius 2 is 2.07 bits per heavy atom. The van der Waals surface area contributed by atoms with Gasteiger partial charge in [-0.15, -0.1) is 0 Å². The van der Waals surface area contributed by atoms with Crippen LogP contribution in [-0.2, 0) is 0 Å². The largest absolute Gasteiger partial charge is 0.329 e. The van der Waals surface area contributed by atoms with Crippen molar-refractivity contribution in [2.24, 2.45) is 0 Å². The van der Waals surface area contributed by atoms with Crippen LogP contribution >= 0.6 is 0 Å². The zero-order valence-corrected chi connectivity index (χ0v) is 7.42. The zero-order chi connectivity index (χ0) is 9.80. The lowest BCUT2D eigenvalue weighted by Gasteiger charge is -2.03. The van der Waals surface area contributed by atoms with Crippen LogP contribution in [0.4, 0.5) is 10.5 Å². The lowest BCUT2D eigenvalue weighted by Crippen LogP contribution is -2.17.